The van der Waals surface area contributed by atoms with Crippen LogP contribution in [0.25, 0.3) is 0 Å². The minimum atomic E-state index is -0.980. The molecule has 1 aliphatic carbocycles. The van der Waals surface area contributed by atoms with Crippen LogP contribution in [0.2, 0.25) is 0 Å². The number of carbonyl (C=O) groups excluding carboxylic acids is 1. The average molecular weight is 297 g/mol. The van der Waals surface area contributed by atoms with Gasteiger partial charge in [-0.25, -0.2) is 0 Å². The lowest BCUT2D eigenvalue weighted by atomic mass is 10.4. The van der Waals surface area contributed by atoms with Crippen LogP contribution in [0.5, 0.6) is 0 Å². The third-order valence-electron chi connectivity index (χ3n) is 2.70. The number of aromatic nitrogens is 2. The minimum Gasteiger partial charge on any atom is -0.481 e. The van der Waals surface area contributed by atoms with E-state index in [2.05, 4.69) is 10.3 Å². The molecule has 7 nitrogen and oxygen atoms in total. The fraction of sp³-hybridized carbons (Fsp3) is 0.500. The molecule has 2 N–H and O–H groups in total. The van der Waals surface area contributed by atoms with Gasteiger partial charge >= 0.3 is 5.97 Å². The molecule has 8 heteroatoms. The van der Waals surface area contributed by atoms with Gasteiger partial charge < -0.3 is 15.0 Å². The van der Waals surface area contributed by atoms with E-state index in [1.165, 1.54) is 12.3 Å². The number of carboxylic acids is 1. The summed E-state index contributed by atoms with van der Waals surface area (Å²) in [4.78, 5) is 37.2. The number of amides is 1. The predicted molar refractivity (Wildman–Crippen MR) is 72.6 cm³/mol. The Morgan fingerprint density at radius 1 is 1.50 bits per heavy atom. The van der Waals surface area contributed by atoms with E-state index in [4.69, 9.17) is 5.11 Å². The summed E-state index contributed by atoms with van der Waals surface area (Å²) in [6, 6.07) is 1.61. The number of aryl methyl sites for hydroxylation is 1. The molecule has 0 aliphatic heterocycles. The van der Waals surface area contributed by atoms with Gasteiger partial charge in [0, 0.05) is 31.3 Å². The van der Waals surface area contributed by atoms with Gasteiger partial charge in [-0.2, -0.15) is 4.98 Å². The summed E-state index contributed by atoms with van der Waals surface area (Å²) >= 11 is 0.968. The summed E-state index contributed by atoms with van der Waals surface area (Å²) in [5, 5.41) is 11.8. The second-order valence-electron chi connectivity index (χ2n) is 4.52. The first-order valence-electron chi connectivity index (χ1n) is 6.26. The molecule has 2 rings (SSSR count). The van der Waals surface area contributed by atoms with Crippen molar-refractivity contribution in [3.8, 4) is 0 Å². The van der Waals surface area contributed by atoms with Gasteiger partial charge in [0.25, 0.3) is 5.56 Å². The quantitative estimate of drug-likeness (QED) is 0.546. The fourth-order valence-corrected chi connectivity index (χ4v) is 2.30. The molecule has 1 aromatic heterocycles. The molecule has 1 saturated carbocycles. The molecule has 108 valence electrons. The van der Waals surface area contributed by atoms with Gasteiger partial charge in [0.15, 0.2) is 5.16 Å². The third kappa shape index (κ3) is 4.69. The summed E-state index contributed by atoms with van der Waals surface area (Å²) in [5.74, 6) is -1.20. The molecule has 1 heterocycles. The number of hydrogen-bond acceptors (Lipinski definition) is 5. The molecule has 0 unspecified atom stereocenters. The van der Waals surface area contributed by atoms with E-state index >= 15 is 0 Å². The second kappa shape index (κ2) is 6.56. The van der Waals surface area contributed by atoms with Crippen molar-refractivity contribution in [1.29, 1.82) is 0 Å². The van der Waals surface area contributed by atoms with Crippen molar-refractivity contribution >= 4 is 23.6 Å². The Balaban J connectivity index is 1.95. The average Bonchev–Trinajstić information content (AvgIpc) is 3.19. The molecular weight excluding hydrogens is 282 g/mol. The first-order valence-corrected chi connectivity index (χ1v) is 7.24. The highest BCUT2D eigenvalue weighted by Gasteiger charge is 2.22. The highest BCUT2D eigenvalue weighted by atomic mass is 32.2. The van der Waals surface area contributed by atoms with Crippen molar-refractivity contribution in [2.75, 3.05) is 5.75 Å². The first-order chi connectivity index (χ1) is 9.54. The number of aliphatic carboxylic acids is 1. The Hall–Kier alpha value is -1.83. The minimum absolute atomic E-state index is 0.0413. The van der Waals surface area contributed by atoms with E-state index in [9.17, 15) is 14.4 Å². The van der Waals surface area contributed by atoms with Crippen LogP contribution in [0.15, 0.2) is 22.2 Å². The normalized spacial score (nSPS) is 14.0. The number of rotatable bonds is 7. The van der Waals surface area contributed by atoms with Gasteiger partial charge in [-0.3, -0.25) is 14.4 Å². The number of carboxylic acid groups (broad SMARTS) is 1. The Morgan fingerprint density at radius 3 is 2.90 bits per heavy atom. The molecule has 0 atom stereocenters. The zero-order valence-electron chi connectivity index (χ0n) is 10.7. The van der Waals surface area contributed by atoms with E-state index in [1.807, 2.05) is 0 Å². The van der Waals surface area contributed by atoms with Crippen molar-refractivity contribution in [2.24, 2.45) is 0 Å². The Labute approximate surface area is 119 Å². The van der Waals surface area contributed by atoms with Gasteiger partial charge in [0.05, 0.1) is 5.75 Å². The van der Waals surface area contributed by atoms with Crippen LogP contribution in [-0.2, 0) is 16.1 Å². The molecular formula is C12H15N3O4S. The maximum atomic E-state index is 11.6. The summed E-state index contributed by atoms with van der Waals surface area (Å²) in [6.45, 7) is 0.369. The van der Waals surface area contributed by atoms with Crippen LogP contribution in [0.1, 0.15) is 19.3 Å². The fourth-order valence-electron chi connectivity index (χ4n) is 1.57. The van der Waals surface area contributed by atoms with E-state index in [0.29, 0.717) is 17.7 Å². The van der Waals surface area contributed by atoms with Gasteiger partial charge in [-0.05, 0) is 12.8 Å². The molecule has 0 aromatic carbocycles. The summed E-state index contributed by atoms with van der Waals surface area (Å²) < 4.78 is 1.63. The Bertz CT molecular complexity index is 568. The lowest BCUT2D eigenvalue weighted by Gasteiger charge is -2.10. The van der Waals surface area contributed by atoms with Crippen LogP contribution < -0.4 is 10.9 Å². The highest BCUT2D eigenvalue weighted by Crippen LogP contribution is 2.19. The number of carbonyl (C=O) groups is 2. The van der Waals surface area contributed by atoms with Gasteiger partial charge in [0.1, 0.15) is 0 Å². The first kappa shape index (κ1) is 14.6. The second-order valence-corrected chi connectivity index (χ2v) is 5.46. The van der Waals surface area contributed by atoms with E-state index < -0.39 is 11.5 Å². The van der Waals surface area contributed by atoms with Crippen LogP contribution in [-0.4, -0.2) is 38.3 Å². The maximum absolute atomic E-state index is 11.6. The Kier molecular flexibility index (Phi) is 4.78. The summed E-state index contributed by atoms with van der Waals surface area (Å²) in [5.41, 5.74) is -0.420. The van der Waals surface area contributed by atoms with Gasteiger partial charge in [-0.1, -0.05) is 11.8 Å². The van der Waals surface area contributed by atoms with Gasteiger partial charge in [0.2, 0.25) is 5.91 Å². The molecule has 0 saturated heterocycles. The van der Waals surface area contributed by atoms with Crippen molar-refractivity contribution in [2.45, 2.75) is 37.0 Å². The van der Waals surface area contributed by atoms with Crippen molar-refractivity contribution in [3.63, 3.8) is 0 Å². The number of thioether (sulfide) groups is 1. The van der Waals surface area contributed by atoms with Gasteiger partial charge in [-0.15, -0.1) is 0 Å². The van der Waals surface area contributed by atoms with E-state index in [0.717, 1.165) is 24.6 Å². The largest absolute Gasteiger partial charge is 0.481 e. The highest BCUT2D eigenvalue weighted by molar-refractivity contribution is 7.99. The van der Waals surface area contributed by atoms with Crippen LogP contribution >= 0.6 is 11.8 Å². The molecule has 0 bridgehead atoms. The van der Waals surface area contributed by atoms with Crippen LogP contribution in [0, 0.1) is 0 Å². The smallest absolute Gasteiger partial charge is 0.313 e. The van der Waals surface area contributed by atoms with E-state index in [1.54, 1.807) is 4.57 Å². The van der Waals surface area contributed by atoms with E-state index in [-0.39, 0.29) is 18.1 Å². The lowest BCUT2D eigenvalue weighted by molar-refractivity contribution is -0.134. The molecule has 1 fully saturated rings. The van der Waals surface area contributed by atoms with Crippen molar-refractivity contribution in [1.82, 2.24) is 14.9 Å². The molecule has 1 amide bonds. The lowest BCUT2D eigenvalue weighted by Crippen LogP contribution is -2.26. The summed E-state index contributed by atoms with van der Waals surface area (Å²) in [7, 11) is 0. The van der Waals surface area contributed by atoms with Crippen molar-refractivity contribution in [3.05, 3.63) is 22.6 Å². The Morgan fingerprint density at radius 2 is 2.25 bits per heavy atom. The number of hydrogen-bond donors (Lipinski definition) is 2. The monoisotopic (exact) mass is 297 g/mol. The summed E-state index contributed by atoms with van der Waals surface area (Å²) in [6.07, 6.45) is 3.88. The molecule has 1 aromatic rings. The molecule has 1 aliphatic rings. The maximum Gasteiger partial charge on any atom is 0.313 e. The SMILES string of the molecule is O=C(O)CSc1nc(=O)ccn1CCC(=O)NC1CC1. The molecule has 0 spiro atoms. The predicted octanol–water partition coefficient (Wildman–Crippen LogP) is 0.0887. The van der Waals surface area contributed by atoms with Crippen LogP contribution in [0.3, 0.4) is 0 Å². The number of nitrogens with one attached hydrogen (secondary N) is 1. The molecule has 0 radical (unpaired) electrons. The zero-order chi connectivity index (χ0) is 14.5. The number of nitrogens with zero attached hydrogens (tertiary/aromatic N) is 2. The topological polar surface area (TPSA) is 101 Å². The van der Waals surface area contributed by atoms with Crippen molar-refractivity contribution < 1.29 is 14.7 Å². The molecule has 20 heavy (non-hydrogen) atoms. The third-order valence-corrected chi connectivity index (χ3v) is 3.67. The van der Waals surface area contributed by atoms with Crippen LogP contribution in [0.4, 0.5) is 0 Å². The standard InChI is InChI=1S/C12H15N3O4S/c16-9(13-8-1-2-8)3-5-15-6-4-10(17)14-12(15)20-7-11(18)19/h4,6,8H,1-3,5,7H2,(H,13,16)(H,18,19). The zero-order valence-corrected chi connectivity index (χ0v) is 11.6.